The molecule has 2 aromatic carbocycles. The van der Waals surface area contributed by atoms with Crippen LogP contribution in [0, 0.1) is 0 Å². The van der Waals surface area contributed by atoms with Gasteiger partial charge in [0.25, 0.3) is 0 Å². The molecule has 1 fully saturated rings. The first-order chi connectivity index (χ1) is 14.0. The van der Waals surface area contributed by atoms with Crippen molar-refractivity contribution in [3.63, 3.8) is 0 Å². The molecule has 2 aromatic rings. The van der Waals surface area contributed by atoms with E-state index in [0.717, 1.165) is 29.4 Å². The van der Waals surface area contributed by atoms with E-state index in [2.05, 4.69) is 10.2 Å². The van der Waals surface area contributed by atoms with Crippen molar-refractivity contribution in [2.24, 2.45) is 0 Å². The Balaban J connectivity index is 1.32. The van der Waals surface area contributed by atoms with Crippen LogP contribution >= 0.6 is 11.8 Å². The minimum atomic E-state index is -0.394. The number of carbonyl (C=O) groups excluding carboxylic acids is 3. The molecule has 29 heavy (non-hydrogen) atoms. The summed E-state index contributed by atoms with van der Waals surface area (Å²) in [5.74, 6) is -0.0333. The van der Waals surface area contributed by atoms with Crippen molar-refractivity contribution < 1.29 is 14.4 Å². The standard InChI is InChI=1S/C22H23N3O3S/c1-15(26)16-6-8-17(9-7-16)24-10-12-25(13-11-24)21(27)14-20-22(28)23-18-4-2-3-5-19(18)29-20/h2-9,20H,10-14H2,1H3,(H,23,28)/t20-/m0/s1. The quantitative estimate of drug-likeness (QED) is 0.786. The van der Waals surface area contributed by atoms with Gasteiger partial charge in [0.05, 0.1) is 10.9 Å². The van der Waals surface area contributed by atoms with Gasteiger partial charge in [-0.15, -0.1) is 11.8 Å². The maximum absolute atomic E-state index is 12.8. The number of hydrogen-bond acceptors (Lipinski definition) is 5. The summed E-state index contributed by atoms with van der Waals surface area (Å²) in [4.78, 5) is 41.6. The van der Waals surface area contributed by atoms with E-state index >= 15 is 0 Å². The smallest absolute Gasteiger partial charge is 0.238 e. The Morgan fingerprint density at radius 1 is 1.03 bits per heavy atom. The second kappa shape index (κ2) is 8.29. The molecule has 0 radical (unpaired) electrons. The van der Waals surface area contributed by atoms with Gasteiger partial charge in [-0.1, -0.05) is 12.1 Å². The molecule has 0 aliphatic carbocycles. The molecule has 7 heteroatoms. The number of benzene rings is 2. The average molecular weight is 410 g/mol. The number of hydrogen-bond donors (Lipinski definition) is 1. The predicted molar refractivity (Wildman–Crippen MR) is 115 cm³/mol. The van der Waals surface area contributed by atoms with Gasteiger partial charge in [-0.3, -0.25) is 14.4 Å². The molecular formula is C22H23N3O3S. The van der Waals surface area contributed by atoms with Gasteiger partial charge in [-0.25, -0.2) is 0 Å². The van der Waals surface area contributed by atoms with Crippen molar-refractivity contribution in [1.82, 2.24) is 4.90 Å². The van der Waals surface area contributed by atoms with Crippen LogP contribution in [0.5, 0.6) is 0 Å². The SMILES string of the molecule is CC(=O)c1ccc(N2CCN(C(=O)C[C@@H]3Sc4ccccc4NC3=O)CC2)cc1. The fourth-order valence-corrected chi connectivity index (χ4v) is 4.74. The molecule has 1 saturated heterocycles. The number of thioether (sulfide) groups is 1. The maximum Gasteiger partial charge on any atom is 0.238 e. The second-order valence-electron chi connectivity index (χ2n) is 7.27. The minimum Gasteiger partial charge on any atom is -0.368 e. The van der Waals surface area contributed by atoms with E-state index in [1.807, 2.05) is 53.4 Å². The highest BCUT2D eigenvalue weighted by atomic mass is 32.2. The Morgan fingerprint density at radius 3 is 2.41 bits per heavy atom. The first-order valence-corrected chi connectivity index (χ1v) is 10.6. The molecule has 6 nitrogen and oxygen atoms in total. The number of rotatable bonds is 4. The molecule has 2 aliphatic rings. The Hall–Kier alpha value is -2.80. The highest BCUT2D eigenvalue weighted by Crippen LogP contribution is 2.36. The van der Waals surface area contributed by atoms with E-state index < -0.39 is 5.25 Å². The minimum absolute atomic E-state index is 0.0172. The van der Waals surface area contributed by atoms with Gasteiger partial charge in [0, 0.05) is 48.7 Å². The third-order valence-electron chi connectivity index (χ3n) is 5.34. The Labute approximate surface area is 174 Å². The van der Waals surface area contributed by atoms with E-state index in [0.29, 0.717) is 18.7 Å². The summed E-state index contributed by atoms with van der Waals surface area (Å²) in [5, 5.41) is 2.50. The topological polar surface area (TPSA) is 69.7 Å². The Kier molecular flexibility index (Phi) is 5.58. The molecule has 0 bridgehead atoms. The molecule has 2 heterocycles. The number of para-hydroxylation sites is 1. The third kappa shape index (κ3) is 4.29. The molecule has 1 atom stereocenters. The lowest BCUT2D eigenvalue weighted by molar-refractivity contribution is -0.132. The van der Waals surface area contributed by atoms with Crippen LogP contribution in [-0.2, 0) is 9.59 Å². The summed E-state index contributed by atoms with van der Waals surface area (Å²) in [7, 11) is 0. The van der Waals surface area contributed by atoms with Crippen molar-refractivity contribution in [1.29, 1.82) is 0 Å². The molecule has 0 saturated carbocycles. The predicted octanol–water partition coefficient (Wildman–Crippen LogP) is 3.04. The van der Waals surface area contributed by atoms with Crippen molar-refractivity contribution in [3.05, 3.63) is 54.1 Å². The molecule has 0 spiro atoms. The first-order valence-electron chi connectivity index (χ1n) is 9.71. The summed E-state index contributed by atoms with van der Waals surface area (Å²) < 4.78 is 0. The molecule has 0 aromatic heterocycles. The lowest BCUT2D eigenvalue weighted by atomic mass is 10.1. The highest BCUT2D eigenvalue weighted by molar-refractivity contribution is 8.01. The number of carbonyl (C=O) groups is 3. The normalized spacial score (nSPS) is 18.8. The molecule has 0 unspecified atom stereocenters. The van der Waals surface area contributed by atoms with Crippen LogP contribution in [0.25, 0.3) is 0 Å². The van der Waals surface area contributed by atoms with Crippen molar-refractivity contribution in [3.8, 4) is 0 Å². The number of anilines is 2. The summed E-state index contributed by atoms with van der Waals surface area (Å²) in [6.45, 7) is 4.28. The number of Topliss-reactive ketones (excluding diaryl/α,β-unsaturated/α-hetero) is 1. The molecule has 1 N–H and O–H groups in total. The zero-order valence-corrected chi connectivity index (χ0v) is 17.1. The van der Waals surface area contributed by atoms with Gasteiger partial charge in [0.15, 0.2) is 5.78 Å². The number of amides is 2. The largest absolute Gasteiger partial charge is 0.368 e. The van der Waals surface area contributed by atoms with Crippen LogP contribution in [0.3, 0.4) is 0 Å². The van der Waals surface area contributed by atoms with Gasteiger partial charge < -0.3 is 15.1 Å². The third-order valence-corrected chi connectivity index (χ3v) is 6.61. The van der Waals surface area contributed by atoms with Gasteiger partial charge in [0.2, 0.25) is 11.8 Å². The molecule has 4 rings (SSSR count). The van der Waals surface area contributed by atoms with E-state index in [-0.39, 0.29) is 24.0 Å². The van der Waals surface area contributed by atoms with Gasteiger partial charge in [0.1, 0.15) is 0 Å². The summed E-state index contributed by atoms with van der Waals surface area (Å²) in [5.41, 5.74) is 2.57. The van der Waals surface area contributed by atoms with Crippen molar-refractivity contribution >= 4 is 40.7 Å². The first kappa shape index (κ1) is 19.5. The number of ketones is 1. The van der Waals surface area contributed by atoms with Crippen LogP contribution in [-0.4, -0.2) is 53.9 Å². The molecular weight excluding hydrogens is 386 g/mol. The zero-order valence-electron chi connectivity index (χ0n) is 16.3. The Morgan fingerprint density at radius 2 is 1.72 bits per heavy atom. The number of nitrogens with zero attached hydrogens (tertiary/aromatic N) is 2. The monoisotopic (exact) mass is 409 g/mol. The maximum atomic E-state index is 12.8. The molecule has 2 aliphatic heterocycles. The molecule has 2 amide bonds. The Bertz CT molecular complexity index is 937. The van der Waals surface area contributed by atoms with Crippen molar-refractivity contribution in [2.75, 3.05) is 36.4 Å². The van der Waals surface area contributed by atoms with Crippen LogP contribution in [0.15, 0.2) is 53.4 Å². The van der Waals surface area contributed by atoms with E-state index in [1.54, 1.807) is 6.92 Å². The van der Waals surface area contributed by atoms with E-state index in [1.165, 1.54) is 11.8 Å². The van der Waals surface area contributed by atoms with Gasteiger partial charge >= 0.3 is 0 Å². The van der Waals surface area contributed by atoms with Crippen LogP contribution < -0.4 is 10.2 Å². The number of fused-ring (bicyclic) bond motifs is 1. The average Bonchev–Trinajstić information content (AvgIpc) is 2.74. The summed E-state index contributed by atoms with van der Waals surface area (Å²) in [6, 6.07) is 15.2. The summed E-state index contributed by atoms with van der Waals surface area (Å²) >= 11 is 1.46. The van der Waals surface area contributed by atoms with Crippen LogP contribution in [0.4, 0.5) is 11.4 Å². The zero-order chi connectivity index (χ0) is 20.4. The summed E-state index contributed by atoms with van der Waals surface area (Å²) in [6.07, 6.45) is 0.206. The molecule has 150 valence electrons. The second-order valence-corrected chi connectivity index (χ2v) is 8.51. The van der Waals surface area contributed by atoms with Gasteiger partial charge in [-0.2, -0.15) is 0 Å². The van der Waals surface area contributed by atoms with Crippen LogP contribution in [0.1, 0.15) is 23.7 Å². The van der Waals surface area contributed by atoms with Gasteiger partial charge in [-0.05, 0) is 43.3 Å². The van der Waals surface area contributed by atoms with Crippen LogP contribution in [0.2, 0.25) is 0 Å². The van der Waals surface area contributed by atoms with Crippen molar-refractivity contribution in [2.45, 2.75) is 23.5 Å². The van der Waals surface area contributed by atoms with E-state index in [4.69, 9.17) is 0 Å². The fourth-order valence-electron chi connectivity index (χ4n) is 3.64. The lowest BCUT2D eigenvalue weighted by Gasteiger charge is -2.37. The fraction of sp³-hybridized carbons (Fsp3) is 0.318. The lowest BCUT2D eigenvalue weighted by Crippen LogP contribution is -2.49. The number of nitrogens with one attached hydrogen (secondary N) is 1. The van der Waals surface area contributed by atoms with E-state index in [9.17, 15) is 14.4 Å². The number of piperazine rings is 1. The highest BCUT2D eigenvalue weighted by Gasteiger charge is 2.31.